The Labute approximate surface area is 252 Å². The van der Waals surface area contributed by atoms with Crippen LogP contribution in [0.2, 0.25) is 0 Å². The van der Waals surface area contributed by atoms with E-state index in [-0.39, 0.29) is 46.7 Å². The molecule has 2 aliphatic carbocycles. The minimum atomic E-state index is -4.71. The molecule has 1 fully saturated rings. The molecule has 234 valence electrons. The Morgan fingerprint density at radius 2 is 1.80 bits per heavy atom. The van der Waals surface area contributed by atoms with E-state index in [1.165, 1.54) is 47.3 Å². The van der Waals surface area contributed by atoms with Gasteiger partial charge in [0.2, 0.25) is 0 Å². The molecule has 0 amide bonds. The molecule has 45 heavy (non-hydrogen) atoms. The summed E-state index contributed by atoms with van der Waals surface area (Å²) in [6.07, 6.45) is -5.01. The molecule has 1 saturated carbocycles. The first kappa shape index (κ1) is 28.9. The molecule has 0 radical (unpaired) electrons. The topological polar surface area (TPSA) is 108 Å². The quantitative estimate of drug-likeness (QED) is 0.196. The number of carbonyl (C=O) groups is 1. The van der Waals surface area contributed by atoms with Crippen LogP contribution in [0, 0.1) is 5.92 Å². The van der Waals surface area contributed by atoms with Crippen LogP contribution in [0.4, 0.5) is 27.8 Å². The lowest BCUT2D eigenvalue weighted by atomic mass is 9.93. The molecule has 4 aromatic rings. The zero-order valence-electron chi connectivity index (χ0n) is 23.4. The molecular weight excluding hydrogens is 603 g/mol. The van der Waals surface area contributed by atoms with Crippen molar-refractivity contribution in [2.75, 3.05) is 5.32 Å². The molecule has 2 N–H and O–H groups in total. The summed E-state index contributed by atoms with van der Waals surface area (Å²) in [7, 11) is 0. The Bertz CT molecular complexity index is 1770. The number of carboxylic acids is 1. The van der Waals surface area contributed by atoms with Crippen LogP contribution in [0.15, 0.2) is 60.8 Å². The van der Waals surface area contributed by atoms with Crippen molar-refractivity contribution in [2.45, 2.75) is 56.7 Å². The van der Waals surface area contributed by atoms with Gasteiger partial charge >= 0.3 is 18.4 Å². The summed E-state index contributed by atoms with van der Waals surface area (Å²) in [6.45, 7) is 0. The molecule has 2 atom stereocenters. The summed E-state index contributed by atoms with van der Waals surface area (Å²) in [5, 5.41) is 16.5. The monoisotopic (exact) mass is 628 g/mol. The number of aromatic nitrogens is 3. The van der Waals surface area contributed by atoms with E-state index < -0.39 is 30.2 Å². The molecule has 1 aliphatic heterocycles. The number of benzene rings is 2. The smallest absolute Gasteiger partial charge is 0.484 e. The first-order valence-electron chi connectivity index (χ1n) is 14.3. The maximum Gasteiger partial charge on any atom is 0.586 e. The Balaban J connectivity index is 1.22. The third kappa shape index (κ3) is 5.71. The first-order valence-corrected chi connectivity index (χ1v) is 14.3. The fourth-order valence-corrected chi connectivity index (χ4v) is 5.87. The van der Waals surface area contributed by atoms with Gasteiger partial charge in [-0.1, -0.05) is 6.07 Å². The number of pyridine rings is 1. The van der Waals surface area contributed by atoms with Crippen LogP contribution in [-0.2, 0) is 12.6 Å². The molecule has 3 aliphatic rings. The summed E-state index contributed by atoms with van der Waals surface area (Å²) in [6, 6.07) is 13.0. The summed E-state index contributed by atoms with van der Waals surface area (Å²) < 4.78 is 86.3. The van der Waals surface area contributed by atoms with Crippen molar-refractivity contribution >= 4 is 11.8 Å². The number of carboxylic acid groups (broad SMARTS) is 1. The van der Waals surface area contributed by atoms with Crippen molar-refractivity contribution in [3.05, 3.63) is 88.9 Å². The number of ether oxygens (including phenoxy) is 3. The van der Waals surface area contributed by atoms with E-state index in [4.69, 9.17) is 4.74 Å². The van der Waals surface area contributed by atoms with Crippen LogP contribution >= 0.6 is 0 Å². The average molecular weight is 629 g/mol. The van der Waals surface area contributed by atoms with E-state index >= 15 is 0 Å². The number of hydrogen-bond donors (Lipinski definition) is 2. The third-order valence-corrected chi connectivity index (χ3v) is 8.04. The highest BCUT2D eigenvalue weighted by Gasteiger charge is 2.45. The van der Waals surface area contributed by atoms with Crippen LogP contribution in [0.5, 0.6) is 17.2 Å². The maximum absolute atomic E-state index is 14.2. The number of nitrogens with zero attached hydrogens (tertiary/aromatic N) is 3. The van der Waals surface area contributed by atoms with Crippen molar-refractivity contribution in [1.29, 1.82) is 0 Å². The second kappa shape index (κ2) is 10.6. The van der Waals surface area contributed by atoms with Crippen molar-refractivity contribution < 1.29 is 46.1 Å². The molecule has 2 aromatic heterocycles. The lowest BCUT2D eigenvalue weighted by Gasteiger charge is -2.26. The molecule has 9 nitrogen and oxygen atoms in total. The van der Waals surface area contributed by atoms with Gasteiger partial charge in [-0.2, -0.15) is 18.3 Å². The van der Waals surface area contributed by atoms with Gasteiger partial charge in [-0.15, -0.1) is 8.78 Å². The Hall–Kier alpha value is -4.88. The minimum Gasteiger partial charge on any atom is -0.484 e. The van der Waals surface area contributed by atoms with Gasteiger partial charge < -0.3 is 24.6 Å². The number of nitrogens with one attached hydrogen (secondary N) is 1. The van der Waals surface area contributed by atoms with Crippen molar-refractivity contribution in [2.24, 2.45) is 5.92 Å². The van der Waals surface area contributed by atoms with E-state index in [2.05, 4.69) is 24.9 Å². The molecule has 3 heterocycles. The minimum absolute atomic E-state index is 0.0419. The van der Waals surface area contributed by atoms with Crippen LogP contribution < -0.4 is 19.5 Å². The molecule has 0 bridgehead atoms. The number of halogens is 5. The van der Waals surface area contributed by atoms with Crippen LogP contribution in [-0.4, -0.2) is 32.1 Å². The zero-order valence-corrected chi connectivity index (χ0v) is 23.4. The van der Waals surface area contributed by atoms with Crippen molar-refractivity contribution in [3.8, 4) is 22.9 Å². The van der Waals surface area contributed by atoms with Crippen LogP contribution in [0.25, 0.3) is 5.69 Å². The lowest BCUT2D eigenvalue weighted by Crippen LogP contribution is -2.25. The number of anilines is 1. The Morgan fingerprint density at radius 1 is 1.04 bits per heavy atom. The summed E-state index contributed by atoms with van der Waals surface area (Å²) in [5.41, 5.74) is 0.338. The predicted octanol–water partition coefficient (Wildman–Crippen LogP) is 7.33. The molecule has 0 unspecified atom stereocenters. The summed E-state index contributed by atoms with van der Waals surface area (Å²) in [4.78, 5) is 15.6. The fourth-order valence-electron chi connectivity index (χ4n) is 5.87. The predicted molar refractivity (Wildman–Crippen MR) is 148 cm³/mol. The molecular formula is C31H25F5N4O5. The average Bonchev–Trinajstić information content (AvgIpc) is 3.67. The Morgan fingerprint density at radius 3 is 2.51 bits per heavy atom. The van der Waals surface area contributed by atoms with E-state index in [0.717, 1.165) is 12.8 Å². The summed E-state index contributed by atoms with van der Waals surface area (Å²) in [5.74, 6) is -0.431. The molecule has 0 spiro atoms. The van der Waals surface area contributed by atoms with Crippen LogP contribution in [0.3, 0.4) is 0 Å². The molecule has 0 saturated heterocycles. The SMILES string of the molecule is O=C(O)c1ccc(O[C@H]2CCCc3c(C(F)(F)F)nn(-c4ccnc(N[C@H](c5ccc6c(c5)OC(F)(F)O6)C5CC5)c4)c32)cc1. The largest absolute Gasteiger partial charge is 0.586 e. The van der Waals surface area contributed by atoms with Gasteiger partial charge in [0.25, 0.3) is 0 Å². The van der Waals surface area contributed by atoms with Gasteiger partial charge in [-0.05, 0) is 86.1 Å². The van der Waals surface area contributed by atoms with Gasteiger partial charge in [-0.3, -0.25) is 0 Å². The van der Waals surface area contributed by atoms with E-state index in [9.17, 15) is 31.9 Å². The van der Waals surface area contributed by atoms with Gasteiger partial charge in [-0.25, -0.2) is 14.5 Å². The third-order valence-electron chi connectivity index (χ3n) is 8.04. The van der Waals surface area contributed by atoms with E-state index in [0.29, 0.717) is 35.7 Å². The van der Waals surface area contributed by atoms with Crippen molar-refractivity contribution in [1.82, 2.24) is 14.8 Å². The number of fused-ring (bicyclic) bond motifs is 2. The Kier molecular flexibility index (Phi) is 6.82. The normalized spacial score (nSPS) is 19.1. The number of hydrogen-bond acceptors (Lipinski definition) is 7. The van der Waals surface area contributed by atoms with Gasteiger partial charge in [0.05, 0.1) is 23.0 Å². The van der Waals surface area contributed by atoms with Crippen molar-refractivity contribution in [3.63, 3.8) is 0 Å². The highest BCUT2D eigenvalue weighted by atomic mass is 19.4. The lowest BCUT2D eigenvalue weighted by molar-refractivity contribution is -0.286. The van der Waals surface area contributed by atoms with Gasteiger partial charge in [0.15, 0.2) is 17.2 Å². The number of alkyl halides is 5. The standard InChI is InChI=1S/C31H25F5N4O5/c32-30(33,34)28-21-2-1-3-23(43-20-9-6-17(7-10-20)29(41)42)27(21)40(39-28)19-12-13-37-25(15-19)38-26(16-4-5-16)18-8-11-22-24(14-18)45-31(35,36)44-22/h6-16,23,26H,1-5H2,(H,37,38)(H,41,42)/t23-,26-/m0/s1. The fraction of sp³-hybridized carbons (Fsp3) is 0.323. The highest BCUT2D eigenvalue weighted by Crippen LogP contribution is 2.47. The second-order valence-corrected chi connectivity index (χ2v) is 11.2. The zero-order chi connectivity index (χ0) is 31.5. The first-order chi connectivity index (χ1) is 21.4. The maximum atomic E-state index is 14.2. The van der Waals surface area contributed by atoms with Gasteiger partial charge in [0.1, 0.15) is 17.7 Å². The summed E-state index contributed by atoms with van der Waals surface area (Å²) >= 11 is 0. The number of rotatable bonds is 8. The van der Waals surface area contributed by atoms with E-state index in [1.54, 1.807) is 18.2 Å². The second-order valence-electron chi connectivity index (χ2n) is 11.2. The van der Waals surface area contributed by atoms with Crippen LogP contribution in [0.1, 0.15) is 70.7 Å². The molecule has 14 heteroatoms. The highest BCUT2D eigenvalue weighted by molar-refractivity contribution is 5.87. The molecule has 2 aromatic carbocycles. The molecule has 7 rings (SSSR count). The number of aromatic carboxylic acids is 1. The van der Waals surface area contributed by atoms with E-state index in [1.807, 2.05) is 0 Å². The van der Waals surface area contributed by atoms with Gasteiger partial charge in [0, 0.05) is 17.8 Å².